The van der Waals surface area contributed by atoms with Crippen LogP contribution in [0.15, 0.2) is 152 Å². The van der Waals surface area contributed by atoms with Gasteiger partial charge in [-0.05, 0) is 93.2 Å². The number of hydrogen-bond donors (Lipinski definition) is 0. The molecule has 49 heavy (non-hydrogen) atoms. The molecular formula is C47H40N2. The summed E-state index contributed by atoms with van der Waals surface area (Å²) in [7, 11) is 0. The van der Waals surface area contributed by atoms with E-state index in [-0.39, 0.29) is 10.8 Å². The van der Waals surface area contributed by atoms with Crippen LogP contribution in [-0.4, -0.2) is 4.57 Å². The largest absolute Gasteiger partial charge is 0.310 e. The lowest BCUT2D eigenvalue weighted by atomic mass is 9.81. The topological polar surface area (TPSA) is 8.17 Å². The van der Waals surface area contributed by atoms with Gasteiger partial charge in [-0.1, -0.05) is 132 Å². The highest BCUT2D eigenvalue weighted by Gasteiger charge is 2.38. The summed E-state index contributed by atoms with van der Waals surface area (Å²) in [6, 6.07) is 56.1. The van der Waals surface area contributed by atoms with E-state index in [1.165, 1.54) is 71.8 Å². The highest BCUT2D eigenvalue weighted by atomic mass is 15.1. The van der Waals surface area contributed by atoms with E-state index in [0.717, 1.165) is 11.4 Å². The summed E-state index contributed by atoms with van der Waals surface area (Å²) in [5, 5.41) is 5.11. The number of fused-ring (bicyclic) bond motifs is 8. The zero-order valence-electron chi connectivity index (χ0n) is 28.8. The average Bonchev–Trinajstić information content (AvgIpc) is 3.57. The van der Waals surface area contributed by atoms with Crippen LogP contribution in [0, 0.1) is 0 Å². The van der Waals surface area contributed by atoms with E-state index < -0.39 is 0 Å². The Hall–Kier alpha value is -5.60. The second kappa shape index (κ2) is 10.7. The van der Waals surface area contributed by atoms with E-state index in [2.05, 4.69) is 196 Å². The van der Waals surface area contributed by atoms with Crippen LogP contribution in [-0.2, 0) is 10.8 Å². The molecule has 1 aliphatic carbocycles. The molecule has 0 radical (unpaired) electrons. The van der Waals surface area contributed by atoms with E-state index in [1.54, 1.807) is 0 Å². The molecule has 1 aliphatic rings. The summed E-state index contributed by atoms with van der Waals surface area (Å²) in [5.74, 6) is 0. The summed E-state index contributed by atoms with van der Waals surface area (Å²) in [5.41, 5.74) is 13.8. The lowest BCUT2D eigenvalue weighted by Gasteiger charge is -2.30. The van der Waals surface area contributed by atoms with Gasteiger partial charge in [-0.3, -0.25) is 0 Å². The van der Waals surface area contributed by atoms with Crippen LogP contribution in [0.25, 0.3) is 49.4 Å². The Morgan fingerprint density at radius 3 is 1.69 bits per heavy atom. The Morgan fingerprint density at radius 1 is 0.510 bits per heavy atom. The van der Waals surface area contributed by atoms with Gasteiger partial charge in [-0.25, -0.2) is 0 Å². The molecule has 1 aromatic heterocycles. The minimum atomic E-state index is -0.212. The maximum Gasteiger partial charge on any atom is 0.0543 e. The molecule has 7 aromatic carbocycles. The van der Waals surface area contributed by atoms with Crippen LogP contribution in [0.5, 0.6) is 0 Å². The van der Waals surface area contributed by atoms with Crippen LogP contribution in [0.1, 0.15) is 51.3 Å². The fourth-order valence-electron chi connectivity index (χ4n) is 8.19. The number of para-hydroxylation sites is 3. The van der Waals surface area contributed by atoms with Crippen molar-refractivity contribution in [3.8, 4) is 16.8 Å². The van der Waals surface area contributed by atoms with E-state index in [4.69, 9.17) is 0 Å². The summed E-state index contributed by atoms with van der Waals surface area (Å²) in [6.45, 7) is 11.6. The molecule has 0 atom stereocenters. The predicted octanol–water partition coefficient (Wildman–Crippen LogP) is 13.0. The van der Waals surface area contributed by atoms with Crippen molar-refractivity contribution in [2.45, 2.75) is 45.4 Å². The van der Waals surface area contributed by atoms with Crippen molar-refractivity contribution in [2.24, 2.45) is 0 Å². The van der Waals surface area contributed by atoms with Gasteiger partial charge in [0.15, 0.2) is 0 Å². The fourth-order valence-corrected chi connectivity index (χ4v) is 8.19. The maximum absolute atomic E-state index is 2.47. The Bertz CT molecular complexity index is 2490. The monoisotopic (exact) mass is 632 g/mol. The Labute approximate surface area is 288 Å². The molecule has 0 N–H and O–H groups in total. The molecule has 238 valence electrons. The Morgan fingerprint density at radius 2 is 1.06 bits per heavy atom. The zero-order valence-corrected chi connectivity index (χ0v) is 28.8. The first-order chi connectivity index (χ1) is 23.7. The molecule has 9 rings (SSSR count). The van der Waals surface area contributed by atoms with Crippen molar-refractivity contribution < 1.29 is 0 Å². The van der Waals surface area contributed by atoms with Gasteiger partial charge in [0.25, 0.3) is 0 Å². The van der Waals surface area contributed by atoms with Crippen LogP contribution < -0.4 is 4.90 Å². The van der Waals surface area contributed by atoms with Crippen molar-refractivity contribution in [2.75, 3.05) is 4.90 Å². The molecule has 0 aliphatic heterocycles. The molecule has 0 fully saturated rings. The van der Waals surface area contributed by atoms with Crippen molar-refractivity contribution >= 4 is 49.6 Å². The summed E-state index contributed by atoms with van der Waals surface area (Å²) in [4.78, 5) is 2.44. The van der Waals surface area contributed by atoms with Gasteiger partial charge >= 0.3 is 0 Å². The quantitative estimate of drug-likeness (QED) is 0.187. The van der Waals surface area contributed by atoms with E-state index in [1.807, 2.05) is 0 Å². The van der Waals surface area contributed by atoms with Crippen molar-refractivity contribution in [3.05, 3.63) is 168 Å². The van der Waals surface area contributed by atoms with Gasteiger partial charge in [0.1, 0.15) is 0 Å². The Kier molecular flexibility index (Phi) is 6.45. The molecule has 0 saturated heterocycles. The molecule has 2 nitrogen and oxygen atoms in total. The number of hydrogen-bond acceptors (Lipinski definition) is 1. The summed E-state index contributed by atoms with van der Waals surface area (Å²) >= 11 is 0. The molecule has 0 saturated carbocycles. The SMILES string of the molecule is CC(C)(C)c1ccc(N(c2ccccc2)c2cc3c(c4ccccc24)-c2ccc(-n4c5ccccc5c5ccccc54)cc2C3(C)C)cc1. The Balaban J connectivity index is 1.27. The first kappa shape index (κ1) is 29.5. The first-order valence-corrected chi connectivity index (χ1v) is 17.4. The molecule has 0 bridgehead atoms. The number of benzene rings is 7. The van der Waals surface area contributed by atoms with Crippen LogP contribution in [0.2, 0.25) is 0 Å². The summed E-state index contributed by atoms with van der Waals surface area (Å²) in [6.07, 6.45) is 0. The van der Waals surface area contributed by atoms with Gasteiger partial charge in [0, 0.05) is 38.6 Å². The minimum absolute atomic E-state index is 0.0876. The molecule has 0 unspecified atom stereocenters. The molecule has 1 heterocycles. The molecule has 8 aromatic rings. The highest BCUT2D eigenvalue weighted by molar-refractivity contribution is 6.11. The maximum atomic E-state index is 2.47. The van der Waals surface area contributed by atoms with Crippen molar-refractivity contribution in [3.63, 3.8) is 0 Å². The molecular weight excluding hydrogens is 593 g/mol. The molecule has 0 amide bonds. The zero-order chi connectivity index (χ0) is 33.5. The van der Waals surface area contributed by atoms with Crippen LogP contribution in [0.4, 0.5) is 17.1 Å². The number of anilines is 3. The second-order valence-electron chi connectivity index (χ2n) is 15.1. The van der Waals surface area contributed by atoms with Crippen molar-refractivity contribution in [1.29, 1.82) is 0 Å². The normalized spacial score (nSPS) is 13.6. The smallest absolute Gasteiger partial charge is 0.0543 e. The van der Waals surface area contributed by atoms with Gasteiger partial charge < -0.3 is 9.47 Å². The van der Waals surface area contributed by atoms with Gasteiger partial charge in [0.05, 0.1) is 16.7 Å². The number of aromatic nitrogens is 1. The number of rotatable bonds is 4. The highest BCUT2D eigenvalue weighted by Crippen LogP contribution is 2.55. The molecule has 2 heteroatoms. The van der Waals surface area contributed by atoms with Crippen molar-refractivity contribution in [1.82, 2.24) is 4.57 Å². The third-order valence-corrected chi connectivity index (χ3v) is 10.7. The molecule has 0 spiro atoms. The fraction of sp³-hybridized carbons (Fsp3) is 0.149. The lowest BCUT2D eigenvalue weighted by molar-refractivity contribution is 0.590. The van der Waals surface area contributed by atoms with E-state index >= 15 is 0 Å². The third kappa shape index (κ3) is 4.47. The van der Waals surface area contributed by atoms with Gasteiger partial charge in [-0.2, -0.15) is 0 Å². The van der Waals surface area contributed by atoms with E-state index in [9.17, 15) is 0 Å². The second-order valence-corrected chi connectivity index (χ2v) is 15.1. The van der Waals surface area contributed by atoms with Gasteiger partial charge in [0.2, 0.25) is 0 Å². The van der Waals surface area contributed by atoms with Crippen LogP contribution in [0.3, 0.4) is 0 Å². The minimum Gasteiger partial charge on any atom is -0.310 e. The van der Waals surface area contributed by atoms with Crippen LogP contribution >= 0.6 is 0 Å². The number of nitrogens with zero attached hydrogens (tertiary/aromatic N) is 2. The lowest BCUT2D eigenvalue weighted by Crippen LogP contribution is -2.17. The predicted molar refractivity (Wildman–Crippen MR) is 209 cm³/mol. The van der Waals surface area contributed by atoms with E-state index in [0.29, 0.717) is 0 Å². The third-order valence-electron chi connectivity index (χ3n) is 10.7. The summed E-state index contributed by atoms with van der Waals surface area (Å²) < 4.78 is 2.44. The first-order valence-electron chi connectivity index (χ1n) is 17.4. The van der Waals surface area contributed by atoms with Gasteiger partial charge in [-0.15, -0.1) is 0 Å². The average molecular weight is 633 g/mol. The standard InChI is InChI=1S/C47H40N2/c1-46(2,3)31-23-25-33(26-24-31)48(32-15-7-6-8-16-32)44-30-41-45(38-20-10-9-19-37(38)44)39-28-27-34(29-40(39)47(41,4)5)49-42-21-13-11-17-35(42)36-18-12-14-22-43(36)49/h6-30H,1-5H3.